The molecule has 3 rings (SSSR count). The molecule has 0 atom stereocenters. The molecule has 0 radical (unpaired) electrons. The SMILES string of the molecule is Cl.Cl.NCCCOC1CCN(C(=O)c2cccc(CN3CCCC3)c2)CC1. The third-order valence-corrected chi connectivity index (χ3v) is 5.21. The van der Waals surface area contributed by atoms with Gasteiger partial charge in [-0.1, -0.05) is 12.1 Å². The van der Waals surface area contributed by atoms with E-state index < -0.39 is 0 Å². The maximum absolute atomic E-state index is 12.8. The molecule has 27 heavy (non-hydrogen) atoms. The fraction of sp³-hybridized carbons (Fsp3) is 0.650. The number of carbonyl (C=O) groups is 1. The number of nitrogens with zero attached hydrogens (tertiary/aromatic N) is 2. The van der Waals surface area contributed by atoms with E-state index in [9.17, 15) is 4.79 Å². The quantitative estimate of drug-likeness (QED) is 0.692. The van der Waals surface area contributed by atoms with Crippen molar-refractivity contribution in [3.63, 3.8) is 0 Å². The van der Waals surface area contributed by atoms with Crippen LogP contribution in [0.25, 0.3) is 0 Å². The smallest absolute Gasteiger partial charge is 0.253 e. The van der Waals surface area contributed by atoms with Crippen molar-refractivity contribution >= 4 is 30.7 Å². The number of halogens is 2. The van der Waals surface area contributed by atoms with Crippen molar-refractivity contribution in [2.75, 3.05) is 39.3 Å². The van der Waals surface area contributed by atoms with E-state index in [1.54, 1.807) is 0 Å². The molecule has 0 bridgehead atoms. The Hall–Kier alpha value is -0.850. The lowest BCUT2D eigenvalue weighted by Gasteiger charge is -2.32. The molecule has 1 amide bonds. The Morgan fingerprint density at radius 1 is 1.11 bits per heavy atom. The van der Waals surface area contributed by atoms with Crippen molar-refractivity contribution in [3.8, 4) is 0 Å². The number of hydrogen-bond donors (Lipinski definition) is 1. The predicted octanol–water partition coefficient (Wildman–Crippen LogP) is 3.10. The molecule has 2 heterocycles. The minimum Gasteiger partial charge on any atom is -0.378 e. The summed E-state index contributed by atoms with van der Waals surface area (Å²) in [7, 11) is 0. The van der Waals surface area contributed by atoms with Crippen LogP contribution in [0.2, 0.25) is 0 Å². The minimum atomic E-state index is 0. The fourth-order valence-electron chi connectivity index (χ4n) is 3.74. The van der Waals surface area contributed by atoms with Crippen LogP contribution in [0.5, 0.6) is 0 Å². The van der Waals surface area contributed by atoms with Gasteiger partial charge in [0.2, 0.25) is 0 Å². The van der Waals surface area contributed by atoms with Crippen LogP contribution >= 0.6 is 24.8 Å². The fourth-order valence-corrected chi connectivity index (χ4v) is 3.74. The molecule has 154 valence electrons. The van der Waals surface area contributed by atoms with Crippen molar-refractivity contribution in [1.82, 2.24) is 9.80 Å². The van der Waals surface area contributed by atoms with E-state index in [0.29, 0.717) is 6.54 Å². The molecule has 2 aliphatic rings. The van der Waals surface area contributed by atoms with Crippen molar-refractivity contribution < 1.29 is 9.53 Å². The first-order valence-corrected chi connectivity index (χ1v) is 9.68. The van der Waals surface area contributed by atoms with E-state index in [-0.39, 0.29) is 36.8 Å². The van der Waals surface area contributed by atoms with E-state index >= 15 is 0 Å². The standard InChI is InChI=1S/C20H31N3O2.2ClH/c21-9-4-14-25-19-7-12-23(13-8-19)20(24)18-6-3-5-17(15-18)16-22-10-1-2-11-22;;/h3,5-6,15,19H,1-2,4,7-14,16,21H2;2*1H. The lowest BCUT2D eigenvalue weighted by molar-refractivity contribution is 0.00844. The Morgan fingerprint density at radius 2 is 1.81 bits per heavy atom. The largest absolute Gasteiger partial charge is 0.378 e. The molecule has 0 saturated carbocycles. The second kappa shape index (κ2) is 12.6. The number of ether oxygens (including phenoxy) is 1. The van der Waals surface area contributed by atoms with Crippen LogP contribution in [-0.2, 0) is 11.3 Å². The summed E-state index contributed by atoms with van der Waals surface area (Å²) in [6, 6.07) is 8.16. The molecule has 7 heteroatoms. The van der Waals surface area contributed by atoms with Crippen LogP contribution < -0.4 is 5.73 Å². The molecule has 0 spiro atoms. The van der Waals surface area contributed by atoms with E-state index in [0.717, 1.165) is 51.1 Å². The molecule has 2 aliphatic heterocycles. The molecular weight excluding hydrogens is 385 g/mol. The second-order valence-corrected chi connectivity index (χ2v) is 7.19. The van der Waals surface area contributed by atoms with Gasteiger partial charge in [-0.15, -0.1) is 24.8 Å². The van der Waals surface area contributed by atoms with Crippen molar-refractivity contribution in [1.29, 1.82) is 0 Å². The first-order chi connectivity index (χ1) is 12.3. The van der Waals surface area contributed by atoms with Gasteiger partial charge in [0.15, 0.2) is 0 Å². The zero-order chi connectivity index (χ0) is 17.5. The highest BCUT2D eigenvalue weighted by Crippen LogP contribution is 2.18. The number of hydrogen-bond acceptors (Lipinski definition) is 4. The van der Waals surface area contributed by atoms with Gasteiger partial charge >= 0.3 is 0 Å². The summed E-state index contributed by atoms with van der Waals surface area (Å²) in [5.74, 6) is 0.156. The lowest BCUT2D eigenvalue weighted by atomic mass is 10.0. The third-order valence-electron chi connectivity index (χ3n) is 5.21. The average Bonchev–Trinajstić information content (AvgIpc) is 3.15. The van der Waals surface area contributed by atoms with Gasteiger partial charge < -0.3 is 15.4 Å². The second-order valence-electron chi connectivity index (χ2n) is 7.19. The number of amides is 1. The monoisotopic (exact) mass is 417 g/mol. The normalized spacial score (nSPS) is 18.0. The van der Waals surface area contributed by atoms with Crippen LogP contribution in [0.15, 0.2) is 24.3 Å². The molecule has 0 aliphatic carbocycles. The molecule has 0 unspecified atom stereocenters. The zero-order valence-electron chi connectivity index (χ0n) is 16.0. The van der Waals surface area contributed by atoms with E-state index in [1.165, 1.54) is 31.5 Å². The molecule has 2 saturated heterocycles. The maximum atomic E-state index is 12.8. The van der Waals surface area contributed by atoms with Crippen molar-refractivity contribution in [2.24, 2.45) is 5.73 Å². The van der Waals surface area contributed by atoms with Gasteiger partial charge in [-0.25, -0.2) is 0 Å². The molecule has 5 nitrogen and oxygen atoms in total. The Kier molecular flexibility index (Phi) is 11.3. The van der Waals surface area contributed by atoms with E-state index in [2.05, 4.69) is 17.0 Å². The van der Waals surface area contributed by atoms with Gasteiger partial charge in [-0.05, 0) is 69.4 Å². The highest BCUT2D eigenvalue weighted by Gasteiger charge is 2.24. The number of nitrogens with two attached hydrogens (primary N) is 1. The molecule has 1 aromatic rings. The average molecular weight is 418 g/mol. The van der Waals surface area contributed by atoms with Gasteiger partial charge in [-0.3, -0.25) is 9.69 Å². The van der Waals surface area contributed by atoms with E-state index in [1.807, 2.05) is 17.0 Å². The third kappa shape index (κ3) is 7.24. The van der Waals surface area contributed by atoms with Crippen molar-refractivity contribution in [3.05, 3.63) is 35.4 Å². The Labute approximate surface area is 175 Å². The highest BCUT2D eigenvalue weighted by atomic mass is 35.5. The first kappa shape index (κ1) is 24.2. The minimum absolute atomic E-state index is 0. The van der Waals surface area contributed by atoms with Crippen LogP contribution in [0.1, 0.15) is 48.0 Å². The summed E-state index contributed by atoms with van der Waals surface area (Å²) in [5, 5.41) is 0. The summed E-state index contributed by atoms with van der Waals surface area (Å²) in [5.41, 5.74) is 7.56. The molecular formula is C20H33Cl2N3O2. The number of piperidine rings is 1. The Balaban J connectivity index is 0.00000182. The lowest BCUT2D eigenvalue weighted by Crippen LogP contribution is -2.41. The predicted molar refractivity (Wildman–Crippen MR) is 114 cm³/mol. The molecule has 2 fully saturated rings. The molecule has 2 N–H and O–H groups in total. The maximum Gasteiger partial charge on any atom is 0.253 e. The van der Waals surface area contributed by atoms with Gasteiger partial charge in [0.05, 0.1) is 6.10 Å². The Morgan fingerprint density at radius 3 is 2.48 bits per heavy atom. The van der Waals surface area contributed by atoms with E-state index in [4.69, 9.17) is 10.5 Å². The highest BCUT2D eigenvalue weighted by molar-refractivity contribution is 5.94. The van der Waals surface area contributed by atoms with Gasteiger partial charge in [0.25, 0.3) is 5.91 Å². The topological polar surface area (TPSA) is 58.8 Å². The van der Waals surface area contributed by atoms with Crippen LogP contribution in [0.4, 0.5) is 0 Å². The number of carbonyl (C=O) groups excluding carboxylic acids is 1. The molecule has 1 aromatic carbocycles. The van der Waals surface area contributed by atoms with Crippen LogP contribution in [-0.4, -0.2) is 61.1 Å². The van der Waals surface area contributed by atoms with Crippen LogP contribution in [0, 0.1) is 0 Å². The van der Waals surface area contributed by atoms with Crippen molar-refractivity contribution in [2.45, 2.75) is 44.8 Å². The number of likely N-dealkylation sites (tertiary alicyclic amines) is 2. The van der Waals surface area contributed by atoms with Crippen LogP contribution in [0.3, 0.4) is 0 Å². The molecule has 0 aromatic heterocycles. The summed E-state index contributed by atoms with van der Waals surface area (Å²) < 4.78 is 5.83. The number of benzene rings is 1. The summed E-state index contributed by atoms with van der Waals surface area (Å²) in [6.45, 7) is 6.27. The summed E-state index contributed by atoms with van der Waals surface area (Å²) in [6.07, 6.45) is 5.61. The first-order valence-electron chi connectivity index (χ1n) is 9.68. The summed E-state index contributed by atoms with van der Waals surface area (Å²) >= 11 is 0. The number of rotatable bonds is 7. The summed E-state index contributed by atoms with van der Waals surface area (Å²) in [4.78, 5) is 17.2. The van der Waals surface area contributed by atoms with Gasteiger partial charge in [0, 0.05) is 31.8 Å². The van der Waals surface area contributed by atoms with Gasteiger partial charge in [0.1, 0.15) is 0 Å². The van der Waals surface area contributed by atoms with Gasteiger partial charge in [-0.2, -0.15) is 0 Å². The Bertz CT molecular complexity index is 560. The zero-order valence-corrected chi connectivity index (χ0v) is 17.6.